The van der Waals surface area contributed by atoms with E-state index >= 15 is 0 Å². The van der Waals surface area contributed by atoms with E-state index in [4.69, 9.17) is 26.8 Å². The predicted octanol–water partition coefficient (Wildman–Crippen LogP) is 11.4. The molecule has 0 atom stereocenters. The zero-order valence-corrected chi connectivity index (χ0v) is 52.2. The van der Waals surface area contributed by atoms with Crippen molar-refractivity contribution in [1.82, 2.24) is 29.7 Å². The van der Waals surface area contributed by atoms with Gasteiger partial charge in [0.25, 0.3) is 0 Å². The van der Waals surface area contributed by atoms with Crippen molar-refractivity contribution in [3.8, 4) is 23.0 Å². The molecule has 4 heterocycles. The van der Waals surface area contributed by atoms with Crippen molar-refractivity contribution in [3.63, 3.8) is 0 Å². The van der Waals surface area contributed by atoms with Gasteiger partial charge in [0.05, 0.1) is 69.7 Å². The third kappa shape index (κ3) is 17.5. The zero-order valence-electron chi connectivity index (χ0n) is 49.8. The van der Waals surface area contributed by atoms with Crippen molar-refractivity contribution in [2.45, 2.75) is 113 Å². The van der Waals surface area contributed by atoms with Crippen molar-refractivity contribution in [2.75, 3.05) is 100 Å². The highest BCUT2D eigenvalue weighted by molar-refractivity contribution is 7.92. The van der Waals surface area contributed by atoms with E-state index in [1.54, 1.807) is 66.2 Å². The molecule has 2 aliphatic rings. The molecule has 6 aromatic rings. The smallest absolute Gasteiger partial charge is 0.387 e. The summed E-state index contributed by atoms with van der Waals surface area (Å²) >= 11 is 5.68. The number of aromatic nitrogens is 4. The van der Waals surface area contributed by atoms with Crippen LogP contribution in [0.3, 0.4) is 0 Å². The van der Waals surface area contributed by atoms with E-state index in [0.717, 1.165) is 68.4 Å². The minimum Gasteiger partial charge on any atom is -0.495 e. The highest BCUT2D eigenvalue weighted by Crippen LogP contribution is 2.39. The lowest BCUT2D eigenvalue weighted by Gasteiger charge is -2.37. The largest absolute Gasteiger partial charge is 0.495 e. The predicted molar refractivity (Wildman–Crippen MR) is 327 cm³/mol. The van der Waals surface area contributed by atoms with Crippen molar-refractivity contribution in [2.24, 2.45) is 0 Å². The fraction of sp³-hybridized carbons (Fsp3) is 0.448. The second-order valence-electron chi connectivity index (χ2n) is 21.2. The Bertz CT molecular complexity index is 3430. The molecule has 85 heavy (non-hydrogen) atoms. The number of nitrogens with zero attached hydrogens (tertiary/aromatic N) is 8. The summed E-state index contributed by atoms with van der Waals surface area (Å²) in [5.74, 6) is 0.413. The Labute approximate surface area is 501 Å². The minimum absolute atomic E-state index is 0.0118. The second kappa shape index (κ2) is 29.8. The Morgan fingerprint density at radius 2 is 1.00 bits per heavy atom. The van der Waals surface area contributed by atoms with Crippen LogP contribution in [-0.2, 0) is 19.7 Å². The van der Waals surface area contributed by atoms with E-state index in [1.165, 1.54) is 48.4 Å². The van der Waals surface area contributed by atoms with Crippen molar-refractivity contribution in [1.29, 1.82) is 0 Å². The molecule has 2 fully saturated rings. The van der Waals surface area contributed by atoms with Crippen LogP contribution in [0, 0.1) is 13.8 Å². The first kappa shape index (κ1) is 67.0. The maximum absolute atomic E-state index is 13.2. The molecule has 20 nitrogen and oxygen atoms in total. The molecule has 5 N–H and O–H groups in total. The number of hydrogen-bond acceptors (Lipinski definition) is 20. The molecular formula is C58H77ClF4N12O8S2. The maximum Gasteiger partial charge on any atom is 0.387 e. The highest BCUT2D eigenvalue weighted by atomic mass is 35.5. The van der Waals surface area contributed by atoms with Gasteiger partial charge in [-0.2, -0.15) is 27.5 Å². The summed E-state index contributed by atoms with van der Waals surface area (Å²) in [4.78, 5) is 25.3. The number of hydrogen-bond donors (Lipinski definition) is 4. The quantitative estimate of drug-likeness (QED) is 0.0316. The third-order valence-electron chi connectivity index (χ3n) is 14.4. The van der Waals surface area contributed by atoms with Gasteiger partial charge in [-0.05, 0) is 155 Å². The van der Waals surface area contributed by atoms with Crippen LogP contribution in [-0.4, -0.2) is 151 Å². The molecule has 0 radical (unpaired) electrons. The number of nitrogen functional groups attached to an aromatic ring is 1. The lowest BCUT2D eigenvalue weighted by molar-refractivity contribution is -0.0504. The number of ether oxygens (including phenoxy) is 4. The molecule has 0 aliphatic carbocycles. The molecule has 0 unspecified atom stereocenters. The summed E-state index contributed by atoms with van der Waals surface area (Å²) in [5.41, 5.74) is 12.1. The van der Waals surface area contributed by atoms with E-state index in [0.29, 0.717) is 29.2 Å². The Morgan fingerprint density at radius 3 is 1.42 bits per heavy atom. The second-order valence-corrected chi connectivity index (χ2v) is 26.4. The molecular weight excluding hydrogens is 1170 g/mol. The van der Waals surface area contributed by atoms with Gasteiger partial charge in [-0.3, -0.25) is 0 Å². The van der Waals surface area contributed by atoms with Crippen LogP contribution in [0.1, 0.15) is 64.5 Å². The summed E-state index contributed by atoms with van der Waals surface area (Å²) in [6, 6.07) is 21.5. The van der Waals surface area contributed by atoms with Crippen LogP contribution in [0.15, 0.2) is 95.0 Å². The number of alkyl halides is 4. The van der Waals surface area contributed by atoms with Gasteiger partial charge in [0, 0.05) is 61.8 Å². The van der Waals surface area contributed by atoms with Crippen LogP contribution < -0.4 is 50.4 Å². The van der Waals surface area contributed by atoms with Crippen molar-refractivity contribution >= 4 is 83.0 Å². The van der Waals surface area contributed by atoms with Crippen LogP contribution in [0.4, 0.5) is 69.3 Å². The molecule has 0 spiro atoms. The number of benzene rings is 4. The van der Waals surface area contributed by atoms with Gasteiger partial charge in [0.2, 0.25) is 11.2 Å². The van der Waals surface area contributed by atoms with Gasteiger partial charge in [0.1, 0.15) is 11.5 Å². The standard InChI is InChI=1S/C29H38F2N6O4S.C15H25N3O.C14H14ClF2N3O3S/c1-18(2)42(38,39)26-10-8-7-9-21(26)33-27-25(41-28(30)31)17-32-29(35-27)34-22-15-19(3)23(16-24(22)40-6)37-13-11-20(12-14-37)36(4)5;1-11-9-13(16)15(19-4)10-14(11)18-7-5-12(6-8-18)17(2)3;1-8(2)24(21,22)11-6-4-3-5-9(11)19-12-10(23-14(16)17)7-18-13(15)20-12/h7-10,15-18,20,28H,11-14H2,1-6H3,(H2,32,33,34,35);9-10,12H,5-8,16H2,1-4H3;3-8,14H,1-2H3,(H,18,19,20). The SMILES string of the molecule is CC(C)S(=O)(=O)c1ccccc1Nc1nc(Cl)ncc1OC(F)F.COc1cc(N2CCC(N(C)C)CC2)c(C)cc1N.COc1cc(N2CCC(N(C)C)CC2)c(C)cc1Nc1ncc(OC(F)F)c(Nc2ccccc2S(=O)(=O)C(C)C)n1. The van der Waals surface area contributed by atoms with Crippen molar-refractivity contribution < 1.29 is 53.3 Å². The molecule has 8 rings (SSSR count). The molecule has 464 valence electrons. The van der Waals surface area contributed by atoms with Crippen LogP contribution >= 0.6 is 11.6 Å². The number of sulfone groups is 2. The van der Waals surface area contributed by atoms with Gasteiger partial charge in [0.15, 0.2) is 42.8 Å². The summed E-state index contributed by atoms with van der Waals surface area (Å²) < 4.78 is 122. The van der Waals surface area contributed by atoms with Gasteiger partial charge >= 0.3 is 13.2 Å². The zero-order chi connectivity index (χ0) is 62.5. The molecule has 0 saturated carbocycles. The summed E-state index contributed by atoms with van der Waals surface area (Å²) in [6.07, 6.45) is 6.62. The number of nitrogens with one attached hydrogen (secondary N) is 3. The third-order valence-corrected chi connectivity index (χ3v) is 19.0. The van der Waals surface area contributed by atoms with Gasteiger partial charge in [-0.15, -0.1) is 0 Å². The average molecular weight is 1250 g/mol. The first-order chi connectivity index (χ1) is 40.1. The average Bonchev–Trinajstić information content (AvgIpc) is 3.34. The number of halogens is 5. The van der Waals surface area contributed by atoms with Crippen LogP contribution in [0.5, 0.6) is 23.0 Å². The summed E-state index contributed by atoms with van der Waals surface area (Å²) in [7, 11) is 4.49. The minimum atomic E-state index is -3.69. The fourth-order valence-electron chi connectivity index (χ4n) is 9.59. The first-order valence-corrected chi connectivity index (χ1v) is 30.8. The maximum atomic E-state index is 13.2. The van der Waals surface area contributed by atoms with Crippen LogP contribution in [0.2, 0.25) is 5.28 Å². The molecule has 0 bridgehead atoms. The van der Waals surface area contributed by atoms with Crippen molar-refractivity contribution in [3.05, 3.63) is 102 Å². The Morgan fingerprint density at radius 1 is 0.588 bits per heavy atom. The number of methoxy groups -OCH3 is 2. The van der Waals surface area contributed by atoms with E-state index < -0.39 is 43.4 Å². The summed E-state index contributed by atoms with van der Waals surface area (Å²) in [5, 5.41) is 7.09. The first-order valence-electron chi connectivity index (χ1n) is 27.4. The number of rotatable bonds is 20. The normalized spacial score (nSPS) is 14.3. The Hall–Kier alpha value is -7.13. The van der Waals surface area contributed by atoms with Crippen LogP contribution in [0.25, 0.3) is 0 Å². The van der Waals surface area contributed by atoms with E-state index in [9.17, 15) is 34.4 Å². The van der Waals surface area contributed by atoms with Gasteiger partial charge in [-0.1, -0.05) is 24.3 Å². The number of para-hydroxylation sites is 2. The molecule has 2 saturated heterocycles. The Balaban J connectivity index is 0.000000226. The molecule has 0 amide bonds. The molecule has 4 aromatic carbocycles. The summed E-state index contributed by atoms with van der Waals surface area (Å²) in [6.45, 7) is 8.15. The van der Waals surface area contributed by atoms with E-state index in [1.807, 2.05) is 25.1 Å². The lowest BCUT2D eigenvalue weighted by atomic mass is 10.0. The number of nitrogens with two attached hydrogens (primary N) is 1. The van der Waals surface area contributed by atoms with Gasteiger partial charge in [-0.25, -0.2) is 26.8 Å². The molecule has 2 aliphatic heterocycles. The van der Waals surface area contributed by atoms with E-state index in [2.05, 4.69) is 106 Å². The van der Waals surface area contributed by atoms with Gasteiger partial charge < -0.3 is 60.2 Å². The monoisotopic (exact) mass is 1240 g/mol. The number of anilines is 9. The molecule has 2 aromatic heterocycles. The number of aryl methyl sites for hydroxylation is 2. The Kier molecular flexibility index (Phi) is 23.5. The van der Waals surface area contributed by atoms with E-state index in [-0.39, 0.29) is 55.5 Å². The topological polar surface area (TPSA) is 232 Å². The number of piperidine rings is 2. The highest BCUT2D eigenvalue weighted by Gasteiger charge is 2.28. The molecule has 27 heteroatoms. The lowest BCUT2D eigenvalue weighted by Crippen LogP contribution is -2.42. The fourth-order valence-corrected chi connectivity index (χ4v) is 12.1.